The van der Waals surface area contributed by atoms with Gasteiger partial charge in [0.05, 0.1) is 0 Å². The number of benzene rings is 2. The van der Waals surface area contributed by atoms with Gasteiger partial charge < -0.3 is 10.1 Å². The molecule has 3 heteroatoms. The van der Waals surface area contributed by atoms with Crippen LogP contribution >= 0.6 is 0 Å². The van der Waals surface area contributed by atoms with Crippen LogP contribution < -0.4 is 10.1 Å². The third-order valence-electron chi connectivity index (χ3n) is 4.21. The van der Waals surface area contributed by atoms with Crippen LogP contribution in [0.2, 0.25) is 0 Å². The molecule has 1 aliphatic rings. The van der Waals surface area contributed by atoms with Gasteiger partial charge in [-0.3, -0.25) is 4.79 Å². The highest BCUT2D eigenvalue weighted by molar-refractivity contribution is 5.89. The molecule has 1 amide bonds. The molecule has 3 nitrogen and oxygen atoms in total. The summed E-state index contributed by atoms with van der Waals surface area (Å²) in [6.45, 7) is 2.58. The Labute approximate surface area is 125 Å². The summed E-state index contributed by atoms with van der Waals surface area (Å²) in [6, 6.07) is 14.0. The van der Waals surface area contributed by atoms with Gasteiger partial charge in [-0.05, 0) is 37.1 Å². The molecule has 1 saturated carbocycles. The standard InChI is InChI=1S/C18H21NO2/c1-13(18(20)19-12-14-6-4-7-14)21-17-11-5-9-15-8-2-3-10-16(15)17/h2-3,5,8-11,13-14H,4,6-7,12H2,1H3,(H,19,20). The molecule has 0 saturated heterocycles. The molecule has 110 valence electrons. The van der Waals surface area contributed by atoms with E-state index in [1.54, 1.807) is 6.92 Å². The van der Waals surface area contributed by atoms with Crippen molar-refractivity contribution in [2.45, 2.75) is 32.3 Å². The fourth-order valence-corrected chi connectivity index (χ4v) is 2.63. The summed E-state index contributed by atoms with van der Waals surface area (Å²) in [4.78, 5) is 12.1. The van der Waals surface area contributed by atoms with Crippen molar-refractivity contribution in [2.24, 2.45) is 5.92 Å². The van der Waals surface area contributed by atoms with E-state index >= 15 is 0 Å². The second-order valence-electron chi connectivity index (χ2n) is 5.78. The van der Waals surface area contributed by atoms with Crippen molar-refractivity contribution in [1.29, 1.82) is 0 Å². The van der Waals surface area contributed by atoms with Crippen LogP contribution in [0, 0.1) is 5.92 Å². The zero-order chi connectivity index (χ0) is 14.7. The average molecular weight is 283 g/mol. The Morgan fingerprint density at radius 3 is 2.76 bits per heavy atom. The van der Waals surface area contributed by atoms with Crippen molar-refractivity contribution in [3.05, 3.63) is 42.5 Å². The molecule has 3 rings (SSSR count). The maximum Gasteiger partial charge on any atom is 0.260 e. The van der Waals surface area contributed by atoms with Gasteiger partial charge in [0.1, 0.15) is 5.75 Å². The highest BCUT2D eigenvalue weighted by atomic mass is 16.5. The number of fused-ring (bicyclic) bond motifs is 1. The number of rotatable bonds is 5. The first-order valence-electron chi connectivity index (χ1n) is 7.66. The van der Waals surface area contributed by atoms with Gasteiger partial charge in [0.2, 0.25) is 0 Å². The quantitative estimate of drug-likeness (QED) is 0.911. The third kappa shape index (κ3) is 3.18. The van der Waals surface area contributed by atoms with Crippen LogP contribution in [0.1, 0.15) is 26.2 Å². The molecular weight excluding hydrogens is 262 g/mol. The van der Waals surface area contributed by atoms with E-state index in [1.165, 1.54) is 19.3 Å². The van der Waals surface area contributed by atoms with Crippen LogP contribution in [0.3, 0.4) is 0 Å². The van der Waals surface area contributed by atoms with Gasteiger partial charge in [-0.25, -0.2) is 0 Å². The van der Waals surface area contributed by atoms with E-state index in [0.717, 1.165) is 23.1 Å². The molecule has 1 N–H and O–H groups in total. The second-order valence-corrected chi connectivity index (χ2v) is 5.78. The fraction of sp³-hybridized carbons (Fsp3) is 0.389. The van der Waals surface area contributed by atoms with Crippen LogP contribution in [0.15, 0.2) is 42.5 Å². The van der Waals surface area contributed by atoms with Crippen LogP contribution in [-0.2, 0) is 4.79 Å². The molecule has 0 spiro atoms. The Bertz CT molecular complexity index is 629. The molecule has 1 unspecified atom stereocenters. The molecule has 1 fully saturated rings. The van der Waals surface area contributed by atoms with Crippen LogP contribution in [0.25, 0.3) is 10.8 Å². The van der Waals surface area contributed by atoms with Gasteiger partial charge in [-0.15, -0.1) is 0 Å². The highest BCUT2D eigenvalue weighted by Crippen LogP contribution is 2.27. The van der Waals surface area contributed by atoms with Crippen molar-refractivity contribution in [3.8, 4) is 5.75 Å². The number of amides is 1. The summed E-state index contributed by atoms with van der Waals surface area (Å²) >= 11 is 0. The molecule has 21 heavy (non-hydrogen) atoms. The fourth-order valence-electron chi connectivity index (χ4n) is 2.63. The molecule has 0 aliphatic heterocycles. The number of ether oxygens (including phenoxy) is 1. The molecule has 2 aromatic rings. The first-order valence-corrected chi connectivity index (χ1v) is 7.66. The Morgan fingerprint density at radius 2 is 2.00 bits per heavy atom. The first kappa shape index (κ1) is 13.9. The van der Waals surface area contributed by atoms with E-state index in [-0.39, 0.29) is 5.91 Å². The normalized spacial score (nSPS) is 16.2. The lowest BCUT2D eigenvalue weighted by molar-refractivity contribution is -0.127. The summed E-state index contributed by atoms with van der Waals surface area (Å²) in [7, 11) is 0. The van der Waals surface area contributed by atoms with E-state index in [9.17, 15) is 4.79 Å². The zero-order valence-electron chi connectivity index (χ0n) is 12.3. The number of carbonyl (C=O) groups excluding carboxylic acids is 1. The lowest BCUT2D eigenvalue weighted by atomic mass is 9.85. The van der Waals surface area contributed by atoms with Crippen LogP contribution in [0.5, 0.6) is 5.75 Å². The van der Waals surface area contributed by atoms with Gasteiger partial charge in [-0.2, -0.15) is 0 Å². The monoisotopic (exact) mass is 283 g/mol. The Balaban J connectivity index is 1.65. The summed E-state index contributed by atoms with van der Waals surface area (Å²) in [5.41, 5.74) is 0. The molecule has 0 heterocycles. The summed E-state index contributed by atoms with van der Waals surface area (Å²) < 4.78 is 5.86. The van der Waals surface area contributed by atoms with E-state index in [4.69, 9.17) is 4.74 Å². The predicted octanol–water partition coefficient (Wildman–Crippen LogP) is 3.52. The predicted molar refractivity (Wildman–Crippen MR) is 84.4 cm³/mol. The summed E-state index contributed by atoms with van der Waals surface area (Å²) in [5, 5.41) is 5.15. The lowest BCUT2D eigenvalue weighted by Gasteiger charge is -2.26. The summed E-state index contributed by atoms with van der Waals surface area (Å²) in [5.74, 6) is 1.40. The SMILES string of the molecule is CC(Oc1cccc2ccccc12)C(=O)NCC1CCC1. The average Bonchev–Trinajstić information content (AvgIpc) is 2.46. The van der Waals surface area contributed by atoms with Gasteiger partial charge in [0.15, 0.2) is 6.10 Å². The lowest BCUT2D eigenvalue weighted by Crippen LogP contribution is -2.40. The summed E-state index contributed by atoms with van der Waals surface area (Å²) in [6.07, 6.45) is 3.29. The van der Waals surface area contributed by atoms with Crippen LogP contribution in [0.4, 0.5) is 0 Å². The zero-order valence-corrected chi connectivity index (χ0v) is 12.3. The minimum atomic E-state index is -0.476. The maximum atomic E-state index is 12.1. The Kier molecular flexibility index (Phi) is 4.09. The van der Waals surface area contributed by atoms with Crippen molar-refractivity contribution in [3.63, 3.8) is 0 Å². The minimum Gasteiger partial charge on any atom is -0.480 e. The van der Waals surface area contributed by atoms with E-state index in [1.807, 2.05) is 42.5 Å². The van der Waals surface area contributed by atoms with E-state index < -0.39 is 6.10 Å². The Hall–Kier alpha value is -2.03. The van der Waals surface area contributed by atoms with Crippen molar-refractivity contribution >= 4 is 16.7 Å². The Morgan fingerprint density at radius 1 is 1.24 bits per heavy atom. The molecular formula is C18H21NO2. The maximum absolute atomic E-state index is 12.1. The van der Waals surface area contributed by atoms with Crippen LogP contribution in [-0.4, -0.2) is 18.6 Å². The smallest absolute Gasteiger partial charge is 0.260 e. The van der Waals surface area contributed by atoms with E-state index in [0.29, 0.717) is 5.92 Å². The first-order chi connectivity index (χ1) is 10.2. The molecule has 2 aromatic carbocycles. The molecule has 0 aromatic heterocycles. The molecule has 1 atom stereocenters. The molecule has 1 aliphatic carbocycles. The van der Waals surface area contributed by atoms with Crippen molar-refractivity contribution in [2.75, 3.05) is 6.54 Å². The topological polar surface area (TPSA) is 38.3 Å². The second kappa shape index (κ2) is 6.17. The number of hydrogen-bond acceptors (Lipinski definition) is 2. The largest absolute Gasteiger partial charge is 0.480 e. The highest BCUT2D eigenvalue weighted by Gasteiger charge is 2.20. The minimum absolute atomic E-state index is 0.0326. The third-order valence-corrected chi connectivity index (χ3v) is 4.21. The van der Waals surface area contributed by atoms with Crippen molar-refractivity contribution in [1.82, 2.24) is 5.32 Å². The number of nitrogens with one attached hydrogen (secondary N) is 1. The van der Waals surface area contributed by atoms with Gasteiger partial charge >= 0.3 is 0 Å². The van der Waals surface area contributed by atoms with Crippen molar-refractivity contribution < 1.29 is 9.53 Å². The van der Waals surface area contributed by atoms with E-state index in [2.05, 4.69) is 5.32 Å². The molecule has 0 radical (unpaired) electrons. The number of carbonyl (C=O) groups is 1. The van der Waals surface area contributed by atoms with Gasteiger partial charge in [0, 0.05) is 11.9 Å². The van der Waals surface area contributed by atoms with Gasteiger partial charge in [0.25, 0.3) is 5.91 Å². The van der Waals surface area contributed by atoms with Gasteiger partial charge in [-0.1, -0.05) is 42.8 Å². The molecule has 0 bridgehead atoms. The number of hydrogen-bond donors (Lipinski definition) is 1.